The number of carbonyl (C=O) groups excluding carboxylic acids is 3. The van der Waals surface area contributed by atoms with Crippen molar-refractivity contribution in [2.45, 2.75) is 84.2 Å². The molecule has 202 valence electrons. The van der Waals surface area contributed by atoms with Gasteiger partial charge < -0.3 is 37.0 Å². The molecular weight excluding hydrogens is 468 g/mol. The Labute approximate surface area is 211 Å². The summed E-state index contributed by atoms with van der Waals surface area (Å²) in [6, 6.07) is 1.30. The van der Waals surface area contributed by atoms with Crippen LogP contribution in [-0.2, 0) is 25.6 Å². The number of aliphatic carboxylic acids is 1. The van der Waals surface area contributed by atoms with Gasteiger partial charge in [-0.05, 0) is 49.3 Å². The SMILES string of the molecule is CC(C)CC(N)C(=O)NC(C(=O)NC(CC(C)C)C(=O)NC(Cc1ccc(O)cc1)C(=O)O)C(C)O. The summed E-state index contributed by atoms with van der Waals surface area (Å²) >= 11 is 0. The maximum Gasteiger partial charge on any atom is 0.326 e. The summed E-state index contributed by atoms with van der Waals surface area (Å²) in [7, 11) is 0. The number of phenols is 1. The van der Waals surface area contributed by atoms with Crippen LogP contribution in [0.4, 0.5) is 0 Å². The summed E-state index contributed by atoms with van der Waals surface area (Å²) in [5.74, 6) is -3.24. The van der Waals surface area contributed by atoms with E-state index in [-0.39, 0.29) is 30.4 Å². The van der Waals surface area contributed by atoms with Gasteiger partial charge in [-0.15, -0.1) is 0 Å². The Morgan fingerprint density at radius 1 is 0.806 bits per heavy atom. The first-order chi connectivity index (χ1) is 16.7. The number of hydrogen-bond donors (Lipinski definition) is 7. The van der Waals surface area contributed by atoms with E-state index in [1.54, 1.807) is 12.1 Å². The zero-order valence-electron chi connectivity index (χ0n) is 21.5. The summed E-state index contributed by atoms with van der Waals surface area (Å²) in [5, 5.41) is 36.6. The zero-order valence-corrected chi connectivity index (χ0v) is 21.5. The first-order valence-corrected chi connectivity index (χ1v) is 12.1. The molecule has 0 aliphatic carbocycles. The number of rotatable bonds is 14. The first kappa shape index (κ1) is 30.9. The molecule has 0 heterocycles. The van der Waals surface area contributed by atoms with Crippen LogP contribution in [0, 0.1) is 11.8 Å². The van der Waals surface area contributed by atoms with Crippen molar-refractivity contribution in [3.8, 4) is 5.75 Å². The highest BCUT2D eigenvalue weighted by atomic mass is 16.4. The van der Waals surface area contributed by atoms with Gasteiger partial charge in [-0.1, -0.05) is 39.8 Å². The molecule has 5 unspecified atom stereocenters. The van der Waals surface area contributed by atoms with Crippen LogP contribution in [0.5, 0.6) is 5.75 Å². The van der Waals surface area contributed by atoms with E-state index in [9.17, 15) is 34.5 Å². The van der Waals surface area contributed by atoms with Gasteiger partial charge in [0.1, 0.15) is 23.9 Å². The number of nitrogens with two attached hydrogens (primary N) is 1. The first-order valence-electron chi connectivity index (χ1n) is 12.1. The lowest BCUT2D eigenvalue weighted by Crippen LogP contribution is -2.60. The van der Waals surface area contributed by atoms with Gasteiger partial charge in [0.2, 0.25) is 17.7 Å². The number of aliphatic hydroxyl groups excluding tert-OH is 1. The number of benzene rings is 1. The second-order valence-corrected chi connectivity index (χ2v) is 9.92. The van der Waals surface area contributed by atoms with Crippen molar-refractivity contribution < 1.29 is 34.5 Å². The van der Waals surface area contributed by atoms with Crippen LogP contribution < -0.4 is 21.7 Å². The van der Waals surface area contributed by atoms with Crippen LogP contribution in [0.25, 0.3) is 0 Å². The van der Waals surface area contributed by atoms with E-state index in [1.807, 2.05) is 27.7 Å². The molecule has 0 aromatic heterocycles. The normalized spacial score (nSPS) is 15.5. The Hall–Kier alpha value is -3.18. The predicted molar refractivity (Wildman–Crippen MR) is 134 cm³/mol. The van der Waals surface area contributed by atoms with E-state index in [4.69, 9.17) is 5.73 Å². The average molecular weight is 509 g/mol. The van der Waals surface area contributed by atoms with Crippen molar-refractivity contribution in [3.63, 3.8) is 0 Å². The molecule has 36 heavy (non-hydrogen) atoms. The smallest absolute Gasteiger partial charge is 0.326 e. The van der Waals surface area contributed by atoms with Crippen molar-refractivity contribution in [2.75, 3.05) is 0 Å². The fraction of sp³-hybridized carbons (Fsp3) is 0.600. The van der Waals surface area contributed by atoms with E-state index in [0.29, 0.717) is 12.0 Å². The van der Waals surface area contributed by atoms with E-state index in [0.717, 1.165) is 0 Å². The Balaban J connectivity index is 2.98. The van der Waals surface area contributed by atoms with Crippen molar-refractivity contribution in [1.29, 1.82) is 0 Å². The van der Waals surface area contributed by atoms with E-state index >= 15 is 0 Å². The molecule has 0 aliphatic rings. The molecule has 0 radical (unpaired) electrons. The Morgan fingerprint density at radius 2 is 1.33 bits per heavy atom. The summed E-state index contributed by atoms with van der Waals surface area (Å²) in [4.78, 5) is 50.2. The van der Waals surface area contributed by atoms with Crippen molar-refractivity contribution in [2.24, 2.45) is 17.6 Å². The fourth-order valence-electron chi connectivity index (χ4n) is 3.58. The van der Waals surface area contributed by atoms with Crippen LogP contribution in [-0.4, -0.2) is 69.3 Å². The van der Waals surface area contributed by atoms with E-state index < -0.39 is 54.0 Å². The molecule has 0 fully saturated rings. The summed E-state index contributed by atoms with van der Waals surface area (Å²) in [5.41, 5.74) is 6.46. The number of aliphatic hydroxyl groups is 1. The Morgan fingerprint density at radius 3 is 1.81 bits per heavy atom. The van der Waals surface area contributed by atoms with Gasteiger partial charge in [0.25, 0.3) is 0 Å². The van der Waals surface area contributed by atoms with Crippen LogP contribution in [0.2, 0.25) is 0 Å². The van der Waals surface area contributed by atoms with Gasteiger partial charge in [0.05, 0.1) is 12.1 Å². The van der Waals surface area contributed by atoms with Gasteiger partial charge in [0.15, 0.2) is 0 Å². The second-order valence-electron chi connectivity index (χ2n) is 9.92. The summed E-state index contributed by atoms with van der Waals surface area (Å²) in [6.07, 6.45) is -0.736. The lowest BCUT2D eigenvalue weighted by molar-refractivity contribution is -0.142. The third-order valence-electron chi connectivity index (χ3n) is 5.46. The molecule has 8 N–H and O–H groups in total. The predicted octanol–water partition coefficient (Wildman–Crippen LogP) is 0.274. The molecule has 0 bridgehead atoms. The van der Waals surface area contributed by atoms with Gasteiger partial charge >= 0.3 is 5.97 Å². The highest BCUT2D eigenvalue weighted by Crippen LogP contribution is 2.13. The average Bonchev–Trinajstić information content (AvgIpc) is 2.76. The number of nitrogens with one attached hydrogen (secondary N) is 3. The highest BCUT2D eigenvalue weighted by molar-refractivity contribution is 5.94. The monoisotopic (exact) mass is 508 g/mol. The lowest BCUT2D eigenvalue weighted by Gasteiger charge is -2.27. The quantitative estimate of drug-likeness (QED) is 0.186. The molecule has 5 atom stereocenters. The molecule has 0 saturated carbocycles. The maximum atomic E-state index is 13.0. The third kappa shape index (κ3) is 10.6. The van der Waals surface area contributed by atoms with Crippen LogP contribution in [0.15, 0.2) is 24.3 Å². The van der Waals surface area contributed by atoms with Gasteiger partial charge in [-0.2, -0.15) is 0 Å². The van der Waals surface area contributed by atoms with Gasteiger partial charge in [0, 0.05) is 6.42 Å². The maximum absolute atomic E-state index is 13.0. The zero-order chi connectivity index (χ0) is 27.6. The minimum Gasteiger partial charge on any atom is -0.508 e. The van der Waals surface area contributed by atoms with Crippen molar-refractivity contribution >= 4 is 23.7 Å². The number of aromatic hydroxyl groups is 1. The van der Waals surface area contributed by atoms with Crippen LogP contribution >= 0.6 is 0 Å². The second kappa shape index (κ2) is 14.4. The van der Waals surface area contributed by atoms with Crippen molar-refractivity contribution in [1.82, 2.24) is 16.0 Å². The number of amides is 3. The molecule has 11 heteroatoms. The molecule has 0 saturated heterocycles. The molecular formula is C25H40N4O7. The molecule has 1 aromatic carbocycles. The van der Waals surface area contributed by atoms with Crippen LogP contribution in [0.1, 0.15) is 53.0 Å². The molecule has 3 amide bonds. The molecule has 1 aromatic rings. The number of phenolic OH excluding ortho intramolecular Hbond substituents is 1. The van der Waals surface area contributed by atoms with Crippen molar-refractivity contribution in [3.05, 3.63) is 29.8 Å². The van der Waals surface area contributed by atoms with E-state index in [2.05, 4.69) is 16.0 Å². The fourth-order valence-corrected chi connectivity index (χ4v) is 3.58. The highest BCUT2D eigenvalue weighted by Gasteiger charge is 2.32. The number of carbonyl (C=O) groups is 4. The molecule has 1 rings (SSSR count). The summed E-state index contributed by atoms with van der Waals surface area (Å²) < 4.78 is 0. The van der Waals surface area contributed by atoms with Crippen LogP contribution in [0.3, 0.4) is 0 Å². The summed E-state index contributed by atoms with van der Waals surface area (Å²) in [6.45, 7) is 8.78. The Kier molecular flexibility index (Phi) is 12.3. The molecule has 11 nitrogen and oxygen atoms in total. The number of hydrogen-bond acceptors (Lipinski definition) is 7. The number of carboxylic acid groups (broad SMARTS) is 1. The van der Waals surface area contributed by atoms with Gasteiger partial charge in [-0.3, -0.25) is 14.4 Å². The minimum atomic E-state index is -1.36. The Bertz CT molecular complexity index is 887. The topological polar surface area (TPSA) is 191 Å². The number of carboxylic acids is 1. The lowest BCUT2D eigenvalue weighted by atomic mass is 10.00. The molecule has 0 aliphatic heterocycles. The van der Waals surface area contributed by atoms with Gasteiger partial charge in [-0.25, -0.2) is 4.79 Å². The largest absolute Gasteiger partial charge is 0.508 e. The molecule has 0 spiro atoms. The standard InChI is InChI=1S/C25H40N4O7/c1-13(2)10-18(26)22(32)29-21(15(5)30)24(34)27-19(11-14(3)4)23(33)28-20(25(35)36)12-16-6-8-17(31)9-7-16/h6-9,13-15,18-21,30-31H,10-12,26H2,1-5H3,(H,27,34)(H,28,33)(H,29,32)(H,35,36). The van der Waals surface area contributed by atoms with E-state index in [1.165, 1.54) is 19.1 Å². The minimum absolute atomic E-state index is 0.0271. The third-order valence-corrected chi connectivity index (χ3v) is 5.46.